The molecule has 0 aromatic heterocycles. The summed E-state index contributed by atoms with van der Waals surface area (Å²) < 4.78 is 6.75. The third-order valence-corrected chi connectivity index (χ3v) is 12.8. The molecule has 0 aliphatic heterocycles. The number of hydrogen-bond acceptors (Lipinski definition) is 1. The quantitative estimate of drug-likeness (QED) is 0.236. The van der Waals surface area contributed by atoms with Crippen LogP contribution in [0.5, 0.6) is 0 Å². The maximum absolute atomic E-state index is 6.75. The van der Waals surface area contributed by atoms with Crippen LogP contribution in [0.4, 0.5) is 0 Å². The minimum absolute atomic E-state index is 0.548. The van der Waals surface area contributed by atoms with Crippen molar-refractivity contribution in [2.24, 2.45) is 0 Å². The van der Waals surface area contributed by atoms with E-state index in [4.69, 9.17) is 4.43 Å². The normalized spacial score (nSPS) is 13.1. The predicted molar refractivity (Wildman–Crippen MR) is 108 cm³/mol. The van der Waals surface area contributed by atoms with Crippen molar-refractivity contribution in [2.45, 2.75) is 123 Å². The lowest BCUT2D eigenvalue weighted by Crippen LogP contribution is -2.42. The molecule has 0 rings (SSSR count). The van der Waals surface area contributed by atoms with E-state index in [0.29, 0.717) is 6.10 Å². The van der Waals surface area contributed by atoms with E-state index in [2.05, 4.69) is 46.6 Å². The number of hydrogen-bond donors (Lipinski definition) is 0. The fourth-order valence-electron chi connectivity index (χ4n) is 3.63. The zero-order chi connectivity index (χ0) is 17.1. The van der Waals surface area contributed by atoms with Gasteiger partial charge >= 0.3 is 0 Å². The predicted octanol–water partition coefficient (Wildman–Crippen LogP) is 7.39. The summed E-state index contributed by atoms with van der Waals surface area (Å²) >= 11 is 0. The van der Waals surface area contributed by atoms with Crippen LogP contribution in [0.1, 0.15) is 78.1 Å². The minimum atomic E-state index is -1.48. The molecular weight excluding hydrogens is 300 g/mol. The van der Waals surface area contributed by atoms with E-state index >= 15 is 0 Å². The van der Waals surface area contributed by atoms with Gasteiger partial charge in [0.1, 0.15) is 0 Å². The average molecular weight is 345 g/mol. The van der Waals surface area contributed by atoms with Crippen molar-refractivity contribution in [2.75, 3.05) is 0 Å². The molecule has 0 saturated carbocycles. The molecule has 134 valence electrons. The molecule has 0 spiro atoms. The first-order valence-corrected chi connectivity index (χ1v) is 16.7. The van der Waals surface area contributed by atoms with E-state index in [0.717, 1.165) is 0 Å². The van der Waals surface area contributed by atoms with Crippen molar-refractivity contribution in [3.63, 3.8) is 0 Å². The van der Waals surface area contributed by atoms with E-state index in [9.17, 15) is 0 Å². The van der Waals surface area contributed by atoms with Crippen molar-refractivity contribution in [1.29, 1.82) is 0 Å². The fourth-order valence-corrected chi connectivity index (χ4v) is 15.3. The van der Waals surface area contributed by atoms with Crippen molar-refractivity contribution in [3.05, 3.63) is 0 Å². The summed E-state index contributed by atoms with van der Waals surface area (Å²) in [5, 5.41) is 0. The molecule has 0 saturated heterocycles. The molecule has 0 unspecified atom stereocenters. The van der Waals surface area contributed by atoms with Gasteiger partial charge in [-0.1, -0.05) is 84.9 Å². The van der Waals surface area contributed by atoms with Gasteiger partial charge < -0.3 is 4.43 Å². The smallest absolute Gasteiger partial charge is 0.184 e. The highest BCUT2D eigenvalue weighted by atomic mass is 28.4. The van der Waals surface area contributed by atoms with Crippen molar-refractivity contribution < 1.29 is 4.43 Å². The second-order valence-electron chi connectivity index (χ2n) is 8.94. The Hall–Kier alpha value is 0.394. The molecule has 3 heteroatoms. The molecule has 0 fully saturated rings. The van der Waals surface area contributed by atoms with E-state index in [-0.39, 0.29) is 0 Å². The van der Waals surface area contributed by atoms with Gasteiger partial charge in [-0.15, -0.1) is 0 Å². The number of rotatable bonds is 14. The molecule has 0 N–H and O–H groups in total. The standard InChI is InChI=1S/C19H44OSi2/c1-8-10-12-14-16-19(17-15-13-11-9-2)20-22(6,7)18-21(3,4)5/h19H,8-18H2,1-7H3. The number of unbranched alkanes of at least 4 members (excludes halogenated alkanes) is 6. The van der Waals surface area contributed by atoms with Crippen LogP contribution >= 0.6 is 0 Å². The monoisotopic (exact) mass is 344 g/mol. The summed E-state index contributed by atoms with van der Waals surface area (Å²) in [6.45, 7) is 17.0. The molecule has 0 heterocycles. The molecule has 0 radical (unpaired) electrons. The van der Waals surface area contributed by atoms with Gasteiger partial charge in [0.2, 0.25) is 0 Å². The van der Waals surface area contributed by atoms with Crippen LogP contribution in [0.25, 0.3) is 0 Å². The van der Waals surface area contributed by atoms with Gasteiger partial charge in [-0.2, -0.15) is 0 Å². The lowest BCUT2D eigenvalue weighted by molar-refractivity contribution is 0.164. The molecule has 0 bridgehead atoms. The largest absolute Gasteiger partial charge is 0.415 e. The third-order valence-electron chi connectivity index (χ3n) is 4.20. The Morgan fingerprint density at radius 3 is 1.50 bits per heavy atom. The Bertz CT molecular complexity index is 247. The highest BCUT2D eigenvalue weighted by Gasteiger charge is 2.32. The SMILES string of the molecule is CCCCCCC(CCCCCC)O[Si](C)(C)C[Si](C)(C)C. The molecule has 0 aliphatic rings. The molecule has 0 atom stereocenters. The Morgan fingerprint density at radius 1 is 0.682 bits per heavy atom. The summed E-state index contributed by atoms with van der Waals surface area (Å²) in [5.41, 5.74) is 1.40. The van der Waals surface area contributed by atoms with Gasteiger partial charge in [-0.3, -0.25) is 0 Å². The molecule has 1 nitrogen and oxygen atoms in total. The second-order valence-corrected chi connectivity index (χ2v) is 19.2. The Labute approximate surface area is 143 Å². The van der Waals surface area contributed by atoms with Crippen molar-refractivity contribution in [1.82, 2.24) is 0 Å². The average Bonchev–Trinajstić information content (AvgIpc) is 2.36. The Morgan fingerprint density at radius 2 is 1.14 bits per heavy atom. The van der Waals surface area contributed by atoms with Gasteiger partial charge in [0.15, 0.2) is 8.32 Å². The van der Waals surface area contributed by atoms with Gasteiger partial charge in [-0.25, -0.2) is 0 Å². The van der Waals surface area contributed by atoms with Crippen molar-refractivity contribution >= 4 is 16.4 Å². The molecular formula is C19H44OSi2. The fraction of sp³-hybridized carbons (Fsp3) is 1.00. The first kappa shape index (κ1) is 22.4. The van der Waals surface area contributed by atoms with Crippen LogP contribution in [-0.2, 0) is 4.43 Å². The van der Waals surface area contributed by atoms with E-state index in [1.54, 1.807) is 0 Å². The highest BCUT2D eigenvalue weighted by molar-refractivity contribution is 6.92. The van der Waals surface area contributed by atoms with Gasteiger partial charge in [-0.05, 0) is 31.6 Å². The van der Waals surface area contributed by atoms with Gasteiger partial charge in [0.05, 0.1) is 0 Å². The van der Waals surface area contributed by atoms with E-state index in [1.165, 1.54) is 69.9 Å². The van der Waals surface area contributed by atoms with Crippen LogP contribution in [0.15, 0.2) is 0 Å². The lowest BCUT2D eigenvalue weighted by atomic mass is 10.0. The zero-order valence-corrected chi connectivity index (χ0v) is 18.8. The Kier molecular flexibility index (Phi) is 12.1. The summed E-state index contributed by atoms with van der Waals surface area (Å²) in [6, 6.07) is 0. The van der Waals surface area contributed by atoms with Crippen LogP contribution in [-0.4, -0.2) is 22.5 Å². The van der Waals surface area contributed by atoms with Gasteiger partial charge in [0.25, 0.3) is 0 Å². The highest BCUT2D eigenvalue weighted by Crippen LogP contribution is 2.25. The van der Waals surface area contributed by atoms with Crippen LogP contribution in [0.3, 0.4) is 0 Å². The topological polar surface area (TPSA) is 9.23 Å². The summed E-state index contributed by atoms with van der Waals surface area (Å²) in [5.74, 6) is 0. The van der Waals surface area contributed by atoms with Crippen molar-refractivity contribution in [3.8, 4) is 0 Å². The van der Waals surface area contributed by atoms with E-state index in [1.807, 2.05) is 0 Å². The Balaban J connectivity index is 4.35. The third kappa shape index (κ3) is 14.0. The summed E-state index contributed by atoms with van der Waals surface area (Å²) in [6.07, 6.45) is 14.1. The first-order chi connectivity index (χ1) is 10.2. The van der Waals surface area contributed by atoms with Crippen LogP contribution < -0.4 is 0 Å². The maximum atomic E-state index is 6.75. The van der Waals surface area contributed by atoms with E-state index < -0.39 is 16.4 Å². The first-order valence-electron chi connectivity index (χ1n) is 9.88. The summed E-state index contributed by atoms with van der Waals surface area (Å²) in [4.78, 5) is 0. The minimum Gasteiger partial charge on any atom is -0.415 e. The maximum Gasteiger partial charge on any atom is 0.184 e. The summed E-state index contributed by atoms with van der Waals surface area (Å²) in [7, 11) is -2.49. The molecule has 0 amide bonds. The molecule has 0 aliphatic carbocycles. The molecule has 22 heavy (non-hydrogen) atoms. The van der Waals surface area contributed by atoms with Crippen LogP contribution in [0, 0.1) is 0 Å². The molecule has 0 aromatic rings. The second kappa shape index (κ2) is 11.9. The lowest BCUT2D eigenvalue weighted by Gasteiger charge is -2.33. The zero-order valence-electron chi connectivity index (χ0n) is 16.8. The van der Waals surface area contributed by atoms with Crippen LogP contribution in [0.2, 0.25) is 38.4 Å². The molecule has 0 aromatic carbocycles. The van der Waals surface area contributed by atoms with Gasteiger partial charge in [0, 0.05) is 14.2 Å².